The molecule has 0 saturated carbocycles. The third-order valence-electron chi connectivity index (χ3n) is 5.21. The first-order valence-electron chi connectivity index (χ1n) is 10.6. The van der Waals surface area contributed by atoms with Crippen molar-refractivity contribution in [2.75, 3.05) is 11.1 Å². The molecule has 0 bridgehead atoms. The summed E-state index contributed by atoms with van der Waals surface area (Å²) in [5.74, 6) is 0.123. The Morgan fingerprint density at radius 3 is 2.60 bits per heavy atom. The average molecular weight is 537 g/mol. The second kappa shape index (κ2) is 10.4. The van der Waals surface area contributed by atoms with Gasteiger partial charge in [-0.25, -0.2) is 0 Å². The van der Waals surface area contributed by atoms with E-state index >= 15 is 0 Å². The Labute approximate surface area is 213 Å². The predicted octanol–water partition coefficient (Wildman–Crippen LogP) is 7.40. The highest BCUT2D eigenvalue weighted by atomic mass is 35.5. The zero-order valence-electron chi connectivity index (χ0n) is 18.7. The van der Waals surface area contributed by atoms with Crippen LogP contribution in [0, 0.1) is 6.92 Å². The Morgan fingerprint density at radius 1 is 1.17 bits per heavy atom. The molecule has 0 fully saturated rings. The van der Waals surface area contributed by atoms with E-state index < -0.39 is 17.6 Å². The second-order valence-electron chi connectivity index (χ2n) is 7.53. The summed E-state index contributed by atoms with van der Waals surface area (Å²) in [6.07, 6.45) is -4.54. The van der Waals surface area contributed by atoms with Gasteiger partial charge in [-0.15, -0.1) is 21.5 Å². The number of benzene rings is 2. The van der Waals surface area contributed by atoms with Gasteiger partial charge in [-0.1, -0.05) is 53.7 Å². The highest BCUT2D eigenvalue weighted by Crippen LogP contribution is 2.39. The Kier molecular flexibility index (Phi) is 7.53. The average Bonchev–Trinajstić information content (AvgIpc) is 3.41. The van der Waals surface area contributed by atoms with Crippen molar-refractivity contribution in [3.8, 4) is 22.5 Å². The number of alkyl halides is 3. The molecule has 2 aromatic carbocycles. The van der Waals surface area contributed by atoms with E-state index in [1.165, 1.54) is 0 Å². The number of anilines is 1. The van der Waals surface area contributed by atoms with E-state index in [1.807, 2.05) is 47.2 Å². The number of thioether (sulfide) groups is 1. The van der Waals surface area contributed by atoms with Gasteiger partial charge in [0.15, 0.2) is 11.0 Å². The van der Waals surface area contributed by atoms with Crippen LogP contribution >= 0.6 is 34.7 Å². The smallest absolute Gasteiger partial charge is 0.324 e. The molecule has 0 radical (unpaired) electrons. The van der Waals surface area contributed by atoms with Crippen molar-refractivity contribution < 1.29 is 18.0 Å². The normalized spacial score (nSPS) is 11.6. The summed E-state index contributed by atoms with van der Waals surface area (Å²) in [6.45, 7) is 4.59. The number of hydrogen-bond acceptors (Lipinski definition) is 5. The van der Waals surface area contributed by atoms with Crippen LogP contribution < -0.4 is 5.32 Å². The third kappa shape index (κ3) is 5.55. The molecule has 4 rings (SSSR count). The topological polar surface area (TPSA) is 59.8 Å². The first-order valence-corrected chi connectivity index (χ1v) is 12.8. The summed E-state index contributed by atoms with van der Waals surface area (Å²) in [6, 6.07) is 12.8. The maximum Gasteiger partial charge on any atom is 0.416 e. The SMILES string of the molecule is CCn1c(SCC(=O)Nc2cc(C(F)(F)F)ccc2Cl)nnc1-c1csc(C)c1-c1ccccc1. The van der Waals surface area contributed by atoms with Crippen LogP contribution in [0.3, 0.4) is 0 Å². The van der Waals surface area contributed by atoms with Gasteiger partial charge in [0.05, 0.1) is 22.0 Å². The molecule has 0 atom stereocenters. The van der Waals surface area contributed by atoms with Crippen molar-refractivity contribution in [2.24, 2.45) is 0 Å². The van der Waals surface area contributed by atoms with E-state index in [0.29, 0.717) is 17.5 Å². The van der Waals surface area contributed by atoms with E-state index in [-0.39, 0.29) is 16.5 Å². The van der Waals surface area contributed by atoms with Gasteiger partial charge in [0.25, 0.3) is 0 Å². The fourth-order valence-corrected chi connectivity index (χ4v) is 5.41. The first-order chi connectivity index (χ1) is 16.7. The lowest BCUT2D eigenvalue weighted by Gasteiger charge is -2.12. The number of amides is 1. The molecule has 1 N–H and O–H groups in total. The van der Waals surface area contributed by atoms with Crippen LogP contribution in [0.1, 0.15) is 17.4 Å². The number of halogens is 4. The molecule has 11 heteroatoms. The number of aromatic nitrogens is 3. The highest BCUT2D eigenvalue weighted by Gasteiger charge is 2.31. The quantitative estimate of drug-likeness (QED) is 0.250. The minimum Gasteiger partial charge on any atom is -0.324 e. The van der Waals surface area contributed by atoms with Gasteiger partial charge in [0, 0.05) is 27.9 Å². The lowest BCUT2D eigenvalue weighted by molar-refractivity contribution is -0.137. The molecule has 0 aliphatic heterocycles. The minimum absolute atomic E-state index is 0.0247. The molecule has 0 unspecified atom stereocenters. The van der Waals surface area contributed by atoms with E-state index in [4.69, 9.17) is 11.6 Å². The van der Waals surface area contributed by atoms with Crippen LogP contribution in [0.5, 0.6) is 0 Å². The molecule has 35 heavy (non-hydrogen) atoms. The maximum absolute atomic E-state index is 13.0. The van der Waals surface area contributed by atoms with Gasteiger partial charge in [-0.2, -0.15) is 13.2 Å². The van der Waals surface area contributed by atoms with E-state index in [9.17, 15) is 18.0 Å². The first kappa shape index (κ1) is 25.3. The van der Waals surface area contributed by atoms with Crippen molar-refractivity contribution in [3.63, 3.8) is 0 Å². The molecule has 5 nitrogen and oxygen atoms in total. The van der Waals surface area contributed by atoms with E-state index in [0.717, 1.165) is 51.5 Å². The largest absolute Gasteiger partial charge is 0.416 e. The summed E-state index contributed by atoms with van der Waals surface area (Å²) in [4.78, 5) is 13.6. The van der Waals surface area contributed by atoms with Gasteiger partial charge >= 0.3 is 6.18 Å². The van der Waals surface area contributed by atoms with Gasteiger partial charge in [-0.05, 0) is 37.6 Å². The number of nitrogens with zero attached hydrogens (tertiary/aromatic N) is 3. The second-order valence-corrected chi connectivity index (χ2v) is 9.96. The molecule has 4 aromatic rings. The van der Waals surface area contributed by atoms with Crippen molar-refractivity contribution >= 4 is 46.3 Å². The van der Waals surface area contributed by atoms with Crippen LogP contribution in [0.2, 0.25) is 5.02 Å². The molecule has 2 heterocycles. The number of carbonyl (C=O) groups is 1. The number of hydrogen-bond donors (Lipinski definition) is 1. The summed E-state index contributed by atoms with van der Waals surface area (Å²) < 4.78 is 40.9. The van der Waals surface area contributed by atoms with Crippen molar-refractivity contribution in [1.82, 2.24) is 14.8 Å². The Bertz CT molecular complexity index is 1350. The summed E-state index contributed by atoms with van der Waals surface area (Å²) >= 11 is 8.76. The molecule has 0 aliphatic carbocycles. The zero-order chi connectivity index (χ0) is 25.2. The van der Waals surface area contributed by atoms with Gasteiger partial charge < -0.3 is 9.88 Å². The molecule has 1 amide bonds. The Balaban J connectivity index is 1.53. The summed E-state index contributed by atoms with van der Waals surface area (Å²) in [5, 5.41) is 13.7. The third-order valence-corrected chi connectivity index (χ3v) is 7.42. The number of carbonyl (C=O) groups excluding carboxylic acids is 1. The molecule has 0 saturated heterocycles. The van der Waals surface area contributed by atoms with Crippen LogP contribution in [0.15, 0.2) is 59.1 Å². The van der Waals surface area contributed by atoms with Crippen LogP contribution in [-0.4, -0.2) is 26.4 Å². The van der Waals surface area contributed by atoms with E-state index in [2.05, 4.69) is 22.4 Å². The van der Waals surface area contributed by atoms with Crippen molar-refractivity contribution in [3.05, 3.63) is 69.4 Å². The van der Waals surface area contributed by atoms with Crippen LogP contribution in [0.4, 0.5) is 18.9 Å². The standard InChI is InChI=1S/C24H20ClF3N4OS2/c1-3-32-22(17-12-34-14(2)21(17)15-7-5-4-6-8-15)30-31-23(32)35-13-20(33)29-19-11-16(24(26,27)28)9-10-18(19)25/h4-12H,3,13H2,1-2H3,(H,29,33). The molecular formula is C24H20ClF3N4OS2. The fourth-order valence-electron chi connectivity index (χ4n) is 3.58. The van der Waals surface area contributed by atoms with Gasteiger partial charge in [0.1, 0.15) is 0 Å². The molecule has 0 aliphatic rings. The van der Waals surface area contributed by atoms with Crippen molar-refractivity contribution in [2.45, 2.75) is 31.7 Å². The predicted molar refractivity (Wildman–Crippen MR) is 135 cm³/mol. The van der Waals surface area contributed by atoms with E-state index in [1.54, 1.807) is 11.3 Å². The monoisotopic (exact) mass is 536 g/mol. The summed E-state index contributed by atoms with van der Waals surface area (Å²) in [5.41, 5.74) is 2.15. The van der Waals surface area contributed by atoms with Gasteiger partial charge in [0.2, 0.25) is 5.91 Å². The Hall–Kier alpha value is -2.82. The number of nitrogens with one attached hydrogen (secondary N) is 1. The summed E-state index contributed by atoms with van der Waals surface area (Å²) in [7, 11) is 0. The molecule has 2 aromatic heterocycles. The zero-order valence-corrected chi connectivity index (χ0v) is 21.1. The number of thiophene rings is 1. The molecule has 182 valence electrons. The lowest BCUT2D eigenvalue weighted by atomic mass is 10.0. The number of aryl methyl sites for hydroxylation is 1. The van der Waals surface area contributed by atoms with Crippen molar-refractivity contribution in [1.29, 1.82) is 0 Å². The molecular weight excluding hydrogens is 517 g/mol. The fraction of sp³-hybridized carbons (Fsp3) is 0.208. The minimum atomic E-state index is -4.54. The lowest BCUT2D eigenvalue weighted by Crippen LogP contribution is -2.16. The molecule has 0 spiro atoms. The van der Waals surface area contributed by atoms with Crippen LogP contribution in [0.25, 0.3) is 22.5 Å². The maximum atomic E-state index is 13.0. The van der Waals surface area contributed by atoms with Gasteiger partial charge in [-0.3, -0.25) is 4.79 Å². The number of rotatable bonds is 7. The highest BCUT2D eigenvalue weighted by molar-refractivity contribution is 7.99. The van der Waals surface area contributed by atoms with Crippen LogP contribution in [-0.2, 0) is 17.5 Å². The Morgan fingerprint density at radius 2 is 1.91 bits per heavy atom.